The summed E-state index contributed by atoms with van der Waals surface area (Å²) in [7, 11) is 0. The molecule has 2 aromatic rings. The molecule has 0 aliphatic rings. The Morgan fingerprint density at radius 1 is 1.06 bits per heavy atom. The zero-order valence-corrected chi connectivity index (χ0v) is 10.1. The minimum absolute atomic E-state index is 0.464. The van der Waals surface area contributed by atoms with Crippen molar-refractivity contribution in [2.24, 2.45) is 0 Å². The van der Waals surface area contributed by atoms with E-state index in [1.54, 1.807) is 11.9 Å². The van der Waals surface area contributed by atoms with Crippen LogP contribution in [0.4, 0.5) is 5.69 Å². The average Bonchev–Trinajstić information content (AvgIpc) is 2.39. The van der Waals surface area contributed by atoms with E-state index in [0.29, 0.717) is 6.42 Å². The van der Waals surface area contributed by atoms with E-state index in [1.807, 2.05) is 54.6 Å². The van der Waals surface area contributed by atoms with Gasteiger partial charge in [-0.3, -0.25) is 0 Å². The Morgan fingerprint density at radius 3 is 2.65 bits per heavy atom. The molecule has 3 heteroatoms. The molecule has 0 bridgehead atoms. The minimum atomic E-state index is 0.464. The number of benzene rings is 2. The lowest BCUT2D eigenvalue weighted by Gasteiger charge is -2.06. The Hall–Kier alpha value is -1.74. The third kappa shape index (κ3) is 3.64. The molecule has 0 saturated heterocycles. The summed E-state index contributed by atoms with van der Waals surface area (Å²) in [5.41, 5.74) is 2.04. The van der Waals surface area contributed by atoms with E-state index in [4.69, 9.17) is 0 Å². The summed E-state index contributed by atoms with van der Waals surface area (Å²) < 4.78 is 3.26. The van der Waals surface area contributed by atoms with Crippen LogP contribution >= 0.6 is 11.9 Å². The summed E-state index contributed by atoms with van der Waals surface area (Å²) in [5.74, 6) is 0. The number of carbonyl (C=O) groups excluding carboxylic acids is 1. The molecule has 0 spiro atoms. The predicted octanol–water partition coefficient (Wildman–Crippen LogP) is 3.55. The number of nitrogens with one attached hydrogen (secondary N) is 1. The van der Waals surface area contributed by atoms with Crippen molar-refractivity contribution in [1.29, 1.82) is 0 Å². The normalized spacial score (nSPS) is 9.88. The van der Waals surface area contributed by atoms with Crippen molar-refractivity contribution in [3.63, 3.8) is 0 Å². The maximum absolute atomic E-state index is 10.4. The first-order chi connectivity index (χ1) is 8.38. The quantitative estimate of drug-likeness (QED) is 0.643. The molecule has 0 fully saturated rings. The number of anilines is 1. The molecule has 2 aromatic carbocycles. The highest BCUT2D eigenvalue weighted by Crippen LogP contribution is 2.21. The first-order valence-corrected chi connectivity index (χ1v) is 6.20. The minimum Gasteiger partial charge on any atom is -0.326 e. The Balaban J connectivity index is 1.99. The lowest BCUT2D eigenvalue weighted by atomic mass is 10.1. The fourth-order valence-corrected chi connectivity index (χ4v) is 2.12. The summed E-state index contributed by atoms with van der Waals surface area (Å²) in [5, 5.41) is 0. The van der Waals surface area contributed by atoms with Crippen LogP contribution in [0.2, 0.25) is 0 Å². The monoisotopic (exact) mass is 243 g/mol. The third-order valence-electron chi connectivity index (χ3n) is 2.28. The smallest absolute Gasteiger partial charge is 0.124 e. The second kappa shape index (κ2) is 6.11. The fraction of sp³-hybridized carbons (Fsp3) is 0.0714. The Labute approximate surface area is 105 Å². The molecule has 0 aliphatic heterocycles. The zero-order chi connectivity index (χ0) is 11.9. The van der Waals surface area contributed by atoms with Gasteiger partial charge in [-0.15, -0.1) is 0 Å². The molecular formula is C14H13NOS. The largest absolute Gasteiger partial charge is 0.326 e. The molecular weight excluding hydrogens is 230 g/mol. The molecule has 17 heavy (non-hydrogen) atoms. The summed E-state index contributed by atoms with van der Waals surface area (Å²) >= 11 is 1.56. The van der Waals surface area contributed by atoms with Crippen LogP contribution in [0.5, 0.6) is 0 Å². The van der Waals surface area contributed by atoms with Crippen LogP contribution in [-0.2, 0) is 11.2 Å². The van der Waals surface area contributed by atoms with Crippen LogP contribution in [0.15, 0.2) is 59.5 Å². The van der Waals surface area contributed by atoms with E-state index >= 15 is 0 Å². The standard InChI is InChI=1S/C14H13NOS/c16-10-9-12-5-4-6-13(11-12)15-17-14-7-2-1-3-8-14/h1-8,10-11,15H,9H2. The van der Waals surface area contributed by atoms with E-state index in [2.05, 4.69) is 4.72 Å². The molecule has 0 amide bonds. The second-order valence-electron chi connectivity index (χ2n) is 3.59. The molecule has 0 atom stereocenters. The van der Waals surface area contributed by atoms with Crippen molar-refractivity contribution in [2.45, 2.75) is 11.3 Å². The van der Waals surface area contributed by atoms with E-state index < -0.39 is 0 Å². The maximum Gasteiger partial charge on any atom is 0.124 e. The van der Waals surface area contributed by atoms with Gasteiger partial charge >= 0.3 is 0 Å². The molecule has 0 radical (unpaired) electrons. The van der Waals surface area contributed by atoms with Crippen molar-refractivity contribution in [3.8, 4) is 0 Å². The van der Waals surface area contributed by atoms with Gasteiger partial charge in [0.1, 0.15) is 6.29 Å². The SMILES string of the molecule is O=CCc1cccc(NSc2ccccc2)c1. The number of aldehydes is 1. The number of hydrogen-bond donors (Lipinski definition) is 1. The second-order valence-corrected chi connectivity index (χ2v) is 4.47. The summed E-state index contributed by atoms with van der Waals surface area (Å²) in [4.78, 5) is 11.6. The summed E-state index contributed by atoms with van der Waals surface area (Å²) in [6, 6.07) is 18.0. The number of carbonyl (C=O) groups is 1. The zero-order valence-electron chi connectivity index (χ0n) is 9.30. The number of hydrogen-bond acceptors (Lipinski definition) is 3. The molecule has 86 valence electrons. The van der Waals surface area contributed by atoms with Crippen LogP contribution in [0.25, 0.3) is 0 Å². The van der Waals surface area contributed by atoms with Crippen molar-refractivity contribution in [1.82, 2.24) is 0 Å². The van der Waals surface area contributed by atoms with Gasteiger partial charge in [-0.25, -0.2) is 0 Å². The lowest BCUT2D eigenvalue weighted by molar-refractivity contribution is -0.107. The van der Waals surface area contributed by atoms with Crippen molar-refractivity contribution in [2.75, 3.05) is 4.72 Å². The summed E-state index contributed by atoms with van der Waals surface area (Å²) in [6.07, 6.45) is 1.38. The molecule has 0 heterocycles. The topological polar surface area (TPSA) is 29.1 Å². The molecule has 0 aromatic heterocycles. The lowest BCUT2D eigenvalue weighted by Crippen LogP contribution is -1.90. The van der Waals surface area contributed by atoms with Crippen molar-refractivity contribution >= 4 is 23.9 Å². The van der Waals surface area contributed by atoms with E-state index in [-0.39, 0.29) is 0 Å². The molecule has 2 nitrogen and oxygen atoms in total. The Kier molecular flexibility index (Phi) is 4.22. The first kappa shape index (κ1) is 11.7. The highest BCUT2D eigenvalue weighted by atomic mass is 32.2. The molecule has 1 N–H and O–H groups in total. The van der Waals surface area contributed by atoms with Crippen LogP contribution < -0.4 is 4.72 Å². The van der Waals surface area contributed by atoms with Gasteiger partial charge in [0.2, 0.25) is 0 Å². The van der Waals surface area contributed by atoms with Crippen LogP contribution in [0, 0.1) is 0 Å². The van der Waals surface area contributed by atoms with Crippen molar-refractivity contribution in [3.05, 3.63) is 60.2 Å². The van der Waals surface area contributed by atoms with Gasteiger partial charge in [0.15, 0.2) is 0 Å². The highest BCUT2D eigenvalue weighted by molar-refractivity contribution is 8.00. The van der Waals surface area contributed by atoms with E-state index in [9.17, 15) is 4.79 Å². The van der Waals surface area contributed by atoms with Gasteiger partial charge in [-0.2, -0.15) is 0 Å². The third-order valence-corrected chi connectivity index (χ3v) is 3.12. The molecule has 0 aliphatic carbocycles. The Bertz CT molecular complexity index is 485. The Morgan fingerprint density at radius 2 is 1.88 bits per heavy atom. The molecule has 0 saturated carbocycles. The van der Waals surface area contributed by atoms with Gasteiger partial charge in [-0.05, 0) is 41.8 Å². The van der Waals surface area contributed by atoms with Gasteiger partial charge in [0, 0.05) is 17.0 Å². The fourth-order valence-electron chi connectivity index (χ4n) is 1.46. The summed E-state index contributed by atoms with van der Waals surface area (Å²) in [6.45, 7) is 0. The van der Waals surface area contributed by atoms with E-state index in [1.165, 1.54) is 0 Å². The maximum atomic E-state index is 10.4. The highest BCUT2D eigenvalue weighted by Gasteiger charge is 1.96. The van der Waals surface area contributed by atoms with Crippen LogP contribution in [-0.4, -0.2) is 6.29 Å². The van der Waals surface area contributed by atoms with Crippen molar-refractivity contribution < 1.29 is 4.79 Å². The molecule has 2 rings (SSSR count). The van der Waals surface area contributed by atoms with Gasteiger partial charge in [0.05, 0.1) is 0 Å². The van der Waals surface area contributed by atoms with Gasteiger partial charge in [0.25, 0.3) is 0 Å². The van der Waals surface area contributed by atoms with E-state index in [0.717, 1.165) is 22.4 Å². The van der Waals surface area contributed by atoms with Gasteiger partial charge in [-0.1, -0.05) is 30.3 Å². The predicted molar refractivity (Wildman–Crippen MR) is 72.1 cm³/mol. The number of rotatable bonds is 5. The van der Waals surface area contributed by atoms with Crippen LogP contribution in [0.1, 0.15) is 5.56 Å². The van der Waals surface area contributed by atoms with Crippen LogP contribution in [0.3, 0.4) is 0 Å². The van der Waals surface area contributed by atoms with Gasteiger partial charge < -0.3 is 9.52 Å². The first-order valence-electron chi connectivity index (χ1n) is 5.39. The average molecular weight is 243 g/mol. The molecule has 0 unspecified atom stereocenters.